The maximum absolute atomic E-state index is 5.26. The number of hydroxylamine groups is 2. The number of hydrogen-bond acceptors (Lipinski definition) is 4. The molecule has 1 saturated heterocycles. The molecule has 11 heavy (non-hydrogen) atoms. The molecule has 0 aromatic rings. The number of nitrogens with zero attached hydrogens (tertiary/aromatic N) is 2. The molecule has 0 N–H and O–H groups in total. The van der Waals surface area contributed by atoms with E-state index in [2.05, 4.69) is 11.9 Å². The van der Waals surface area contributed by atoms with Gasteiger partial charge in [-0.25, -0.2) is 0 Å². The van der Waals surface area contributed by atoms with Gasteiger partial charge in [-0.2, -0.15) is 5.06 Å². The van der Waals surface area contributed by atoms with Gasteiger partial charge in [-0.05, 0) is 7.05 Å². The highest BCUT2D eigenvalue weighted by molar-refractivity contribution is 4.62. The Balaban J connectivity index is 2.07. The molecule has 4 nitrogen and oxygen atoms in total. The van der Waals surface area contributed by atoms with Gasteiger partial charge in [0.15, 0.2) is 6.79 Å². The zero-order valence-electron chi connectivity index (χ0n) is 7.25. The molecule has 1 aliphatic heterocycles. The molecule has 1 heterocycles. The van der Waals surface area contributed by atoms with Gasteiger partial charge in [-0.3, -0.25) is 4.84 Å². The number of piperazine rings is 1. The summed E-state index contributed by atoms with van der Waals surface area (Å²) in [6.45, 7) is 4.46. The standard InChI is InChI=1S/C7H16N2O2/c1-8-3-5-9(6-4-8)11-7-10-2/h3-7H2,1-2H3. The van der Waals surface area contributed by atoms with E-state index in [4.69, 9.17) is 9.57 Å². The van der Waals surface area contributed by atoms with Gasteiger partial charge in [0.25, 0.3) is 0 Å². The van der Waals surface area contributed by atoms with Crippen LogP contribution in [0.25, 0.3) is 0 Å². The van der Waals surface area contributed by atoms with Crippen LogP contribution in [0.4, 0.5) is 0 Å². The largest absolute Gasteiger partial charge is 0.357 e. The van der Waals surface area contributed by atoms with Crippen molar-refractivity contribution in [3.8, 4) is 0 Å². The fourth-order valence-electron chi connectivity index (χ4n) is 1.04. The minimum Gasteiger partial charge on any atom is -0.357 e. The van der Waals surface area contributed by atoms with Gasteiger partial charge in [-0.1, -0.05) is 0 Å². The van der Waals surface area contributed by atoms with E-state index >= 15 is 0 Å². The van der Waals surface area contributed by atoms with Crippen LogP contribution < -0.4 is 0 Å². The molecule has 1 aliphatic rings. The molecule has 1 rings (SSSR count). The highest BCUT2D eigenvalue weighted by atomic mass is 16.8. The van der Waals surface area contributed by atoms with Crippen LogP contribution in [-0.4, -0.2) is 57.1 Å². The number of hydrogen-bond donors (Lipinski definition) is 0. The molecule has 0 spiro atoms. The summed E-state index contributed by atoms with van der Waals surface area (Å²) in [5.41, 5.74) is 0. The van der Waals surface area contributed by atoms with E-state index in [1.54, 1.807) is 7.11 Å². The van der Waals surface area contributed by atoms with Crippen molar-refractivity contribution in [2.75, 3.05) is 47.1 Å². The first-order valence-corrected chi connectivity index (χ1v) is 3.88. The Labute approximate surface area is 67.6 Å². The predicted octanol–water partition coefficient (Wildman–Crippen LogP) is -0.231. The van der Waals surface area contributed by atoms with E-state index in [1.807, 2.05) is 5.06 Å². The summed E-state index contributed by atoms with van der Waals surface area (Å²) in [7, 11) is 3.75. The van der Waals surface area contributed by atoms with E-state index in [-0.39, 0.29) is 0 Å². The first kappa shape index (κ1) is 8.93. The maximum Gasteiger partial charge on any atom is 0.166 e. The van der Waals surface area contributed by atoms with Crippen LogP contribution in [0.3, 0.4) is 0 Å². The Morgan fingerprint density at radius 2 is 1.82 bits per heavy atom. The van der Waals surface area contributed by atoms with E-state index in [9.17, 15) is 0 Å². The molecule has 0 bridgehead atoms. The summed E-state index contributed by atoms with van der Waals surface area (Å²) in [6, 6.07) is 0. The van der Waals surface area contributed by atoms with Crippen molar-refractivity contribution in [2.24, 2.45) is 0 Å². The Bertz CT molecular complexity index is 99.9. The quantitative estimate of drug-likeness (QED) is 0.532. The molecule has 0 saturated carbocycles. The van der Waals surface area contributed by atoms with Crippen LogP contribution in [0.15, 0.2) is 0 Å². The first-order valence-electron chi connectivity index (χ1n) is 3.88. The summed E-state index contributed by atoms with van der Waals surface area (Å²) in [5.74, 6) is 0. The Morgan fingerprint density at radius 1 is 1.18 bits per heavy atom. The van der Waals surface area contributed by atoms with Gasteiger partial charge in [0.1, 0.15) is 0 Å². The van der Waals surface area contributed by atoms with Crippen LogP contribution in [0.2, 0.25) is 0 Å². The lowest BCUT2D eigenvalue weighted by Gasteiger charge is -2.30. The Hall–Kier alpha value is -0.160. The summed E-state index contributed by atoms with van der Waals surface area (Å²) >= 11 is 0. The highest BCUT2D eigenvalue weighted by Gasteiger charge is 2.13. The van der Waals surface area contributed by atoms with Crippen molar-refractivity contribution in [1.82, 2.24) is 9.96 Å². The van der Waals surface area contributed by atoms with E-state index < -0.39 is 0 Å². The second-order valence-electron chi connectivity index (χ2n) is 2.77. The minimum absolute atomic E-state index is 0.365. The second-order valence-corrected chi connectivity index (χ2v) is 2.77. The van der Waals surface area contributed by atoms with E-state index in [0.29, 0.717) is 6.79 Å². The van der Waals surface area contributed by atoms with Crippen molar-refractivity contribution >= 4 is 0 Å². The SMILES string of the molecule is COCON1CCN(C)CC1. The second kappa shape index (κ2) is 4.66. The van der Waals surface area contributed by atoms with Gasteiger partial charge >= 0.3 is 0 Å². The van der Waals surface area contributed by atoms with Crippen LogP contribution in [0, 0.1) is 0 Å². The predicted molar refractivity (Wildman–Crippen MR) is 42.0 cm³/mol. The lowest BCUT2D eigenvalue weighted by molar-refractivity contribution is -0.227. The fraction of sp³-hybridized carbons (Fsp3) is 1.00. The molecular weight excluding hydrogens is 144 g/mol. The lowest BCUT2D eigenvalue weighted by Crippen LogP contribution is -2.44. The van der Waals surface area contributed by atoms with Crippen LogP contribution in [0.5, 0.6) is 0 Å². The summed E-state index contributed by atoms with van der Waals surface area (Å²) in [4.78, 5) is 7.55. The average molecular weight is 160 g/mol. The average Bonchev–Trinajstić information content (AvgIpc) is 2.04. The van der Waals surface area contributed by atoms with Gasteiger partial charge in [0, 0.05) is 33.3 Å². The molecular formula is C7H16N2O2. The third kappa shape index (κ3) is 3.16. The topological polar surface area (TPSA) is 24.9 Å². The summed E-state index contributed by atoms with van der Waals surface area (Å²) in [5, 5.41) is 1.95. The number of likely N-dealkylation sites (N-methyl/N-ethyl adjacent to an activating group) is 1. The third-order valence-electron chi connectivity index (χ3n) is 1.82. The number of ether oxygens (including phenoxy) is 1. The molecule has 0 unspecified atom stereocenters. The van der Waals surface area contributed by atoms with Crippen LogP contribution in [-0.2, 0) is 9.57 Å². The van der Waals surface area contributed by atoms with Crippen molar-refractivity contribution < 1.29 is 9.57 Å². The number of rotatable bonds is 3. The van der Waals surface area contributed by atoms with Crippen molar-refractivity contribution in [2.45, 2.75) is 0 Å². The normalized spacial score (nSPS) is 22.4. The van der Waals surface area contributed by atoms with Gasteiger partial charge in [0.05, 0.1) is 0 Å². The summed E-state index contributed by atoms with van der Waals surface area (Å²) in [6.07, 6.45) is 0. The van der Waals surface area contributed by atoms with Crippen LogP contribution >= 0.6 is 0 Å². The van der Waals surface area contributed by atoms with Crippen molar-refractivity contribution in [3.05, 3.63) is 0 Å². The molecule has 1 fully saturated rings. The zero-order valence-corrected chi connectivity index (χ0v) is 7.25. The summed E-state index contributed by atoms with van der Waals surface area (Å²) < 4.78 is 4.79. The highest BCUT2D eigenvalue weighted by Crippen LogP contribution is 1.98. The molecule has 0 radical (unpaired) electrons. The molecule has 0 amide bonds. The lowest BCUT2D eigenvalue weighted by atomic mass is 10.4. The first-order chi connectivity index (χ1) is 5.33. The van der Waals surface area contributed by atoms with Gasteiger partial charge in [0.2, 0.25) is 0 Å². The third-order valence-corrected chi connectivity index (χ3v) is 1.82. The monoisotopic (exact) mass is 160 g/mol. The molecule has 0 atom stereocenters. The van der Waals surface area contributed by atoms with E-state index in [0.717, 1.165) is 26.2 Å². The Kier molecular flexibility index (Phi) is 3.79. The zero-order chi connectivity index (χ0) is 8.10. The minimum atomic E-state index is 0.365. The molecule has 0 aromatic heterocycles. The molecule has 4 heteroatoms. The smallest absolute Gasteiger partial charge is 0.166 e. The van der Waals surface area contributed by atoms with E-state index in [1.165, 1.54) is 0 Å². The van der Waals surface area contributed by atoms with Crippen molar-refractivity contribution in [3.63, 3.8) is 0 Å². The van der Waals surface area contributed by atoms with Crippen LogP contribution in [0.1, 0.15) is 0 Å². The van der Waals surface area contributed by atoms with Gasteiger partial charge in [-0.15, -0.1) is 0 Å². The van der Waals surface area contributed by atoms with Crippen molar-refractivity contribution in [1.29, 1.82) is 0 Å². The molecule has 0 aliphatic carbocycles. The molecule has 66 valence electrons. The Morgan fingerprint density at radius 3 is 2.36 bits per heavy atom. The maximum atomic E-state index is 5.26. The number of methoxy groups -OCH3 is 1. The molecule has 0 aromatic carbocycles. The van der Waals surface area contributed by atoms with Gasteiger partial charge < -0.3 is 9.64 Å². The fourth-order valence-corrected chi connectivity index (χ4v) is 1.04.